The highest BCUT2D eigenvalue weighted by molar-refractivity contribution is 6.30. The smallest absolute Gasteiger partial charge is 0.225 e. The molecule has 3 N–H and O–H groups in total. The van der Waals surface area contributed by atoms with E-state index >= 15 is 0 Å². The van der Waals surface area contributed by atoms with Crippen molar-refractivity contribution in [2.24, 2.45) is 0 Å². The van der Waals surface area contributed by atoms with E-state index in [0.717, 1.165) is 22.6 Å². The molecular formula is C20H20ClN5O. The number of amides is 1. The summed E-state index contributed by atoms with van der Waals surface area (Å²) in [5.41, 5.74) is 3.47. The van der Waals surface area contributed by atoms with Crippen molar-refractivity contribution >= 4 is 40.6 Å². The Kier molecular flexibility index (Phi) is 5.88. The van der Waals surface area contributed by atoms with Crippen LogP contribution < -0.4 is 16.0 Å². The Morgan fingerprint density at radius 1 is 1.04 bits per heavy atom. The Morgan fingerprint density at radius 3 is 2.52 bits per heavy atom. The van der Waals surface area contributed by atoms with E-state index in [9.17, 15) is 4.79 Å². The van der Waals surface area contributed by atoms with Crippen LogP contribution in [0.2, 0.25) is 5.02 Å². The number of rotatable bonds is 6. The molecule has 3 aromatic rings. The third-order valence-electron chi connectivity index (χ3n) is 3.67. The number of anilines is 4. The number of halogens is 1. The van der Waals surface area contributed by atoms with Crippen LogP contribution in [-0.2, 0) is 11.3 Å². The lowest BCUT2D eigenvalue weighted by molar-refractivity contribution is -0.114. The van der Waals surface area contributed by atoms with E-state index in [1.54, 1.807) is 0 Å². The second-order valence-corrected chi connectivity index (χ2v) is 6.52. The highest BCUT2D eigenvalue weighted by Gasteiger charge is 2.04. The van der Waals surface area contributed by atoms with E-state index in [1.807, 2.05) is 61.5 Å². The quantitative estimate of drug-likeness (QED) is 0.574. The Labute approximate surface area is 163 Å². The molecule has 0 aliphatic heterocycles. The van der Waals surface area contributed by atoms with Gasteiger partial charge in [-0.15, -0.1) is 0 Å². The topological polar surface area (TPSA) is 78.9 Å². The molecule has 6 nitrogen and oxygen atoms in total. The number of hydrogen-bond donors (Lipinski definition) is 3. The van der Waals surface area contributed by atoms with Crippen LogP contribution in [0.15, 0.2) is 54.6 Å². The Morgan fingerprint density at radius 2 is 1.78 bits per heavy atom. The maximum absolute atomic E-state index is 11.2. The summed E-state index contributed by atoms with van der Waals surface area (Å²) in [7, 11) is 0. The minimum atomic E-state index is -0.112. The molecule has 0 radical (unpaired) electrons. The van der Waals surface area contributed by atoms with Crippen molar-refractivity contribution in [2.45, 2.75) is 20.4 Å². The predicted octanol–water partition coefficient (Wildman–Crippen LogP) is 4.75. The fraction of sp³-hybridized carbons (Fsp3) is 0.150. The molecular weight excluding hydrogens is 362 g/mol. The van der Waals surface area contributed by atoms with Gasteiger partial charge in [-0.05, 0) is 42.8 Å². The summed E-state index contributed by atoms with van der Waals surface area (Å²) in [5, 5.41) is 9.94. The van der Waals surface area contributed by atoms with Crippen LogP contribution in [-0.4, -0.2) is 15.9 Å². The number of nitrogens with one attached hydrogen (secondary N) is 3. The minimum absolute atomic E-state index is 0.112. The van der Waals surface area contributed by atoms with Crippen LogP contribution in [0.3, 0.4) is 0 Å². The summed E-state index contributed by atoms with van der Waals surface area (Å²) in [4.78, 5) is 20.1. The standard InChI is InChI=1S/C20H20ClN5O/c1-13-10-19(25-18-5-3-4-17(11-18)24-14(2)27)26-20(23-13)22-12-15-6-8-16(21)9-7-15/h3-11H,12H2,1-2H3,(H,24,27)(H2,22,23,25,26). The molecule has 0 saturated heterocycles. The van der Waals surface area contributed by atoms with Crippen LogP contribution in [0.4, 0.5) is 23.1 Å². The maximum Gasteiger partial charge on any atom is 0.225 e. The molecule has 0 aliphatic carbocycles. The van der Waals surface area contributed by atoms with Gasteiger partial charge in [0.05, 0.1) is 0 Å². The lowest BCUT2D eigenvalue weighted by Gasteiger charge is -2.11. The largest absolute Gasteiger partial charge is 0.350 e. The van der Waals surface area contributed by atoms with Crippen LogP contribution in [0, 0.1) is 6.92 Å². The minimum Gasteiger partial charge on any atom is -0.350 e. The number of benzene rings is 2. The molecule has 0 saturated carbocycles. The van der Waals surface area contributed by atoms with Crippen LogP contribution in [0.5, 0.6) is 0 Å². The number of nitrogens with zero attached hydrogens (tertiary/aromatic N) is 2. The van der Waals surface area contributed by atoms with Gasteiger partial charge in [0.2, 0.25) is 11.9 Å². The maximum atomic E-state index is 11.2. The number of carbonyl (C=O) groups is 1. The van der Waals surface area contributed by atoms with Gasteiger partial charge in [-0.25, -0.2) is 4.98 Å². The van der Waals surface area contributed by atoms with Crippen molar-refractivity contribution in [1.29, 1.82) is 0 Å². The monoisotopic (exact) mass is 381 g/mol. The van der Waals surface area contributed by atoms with E-state index in [2.05, 4.69) is 25.9 Å². The van der Waals surface area contributed by atoms with Gasteiger partial charge in [0, 0.05) is 41.6 Å². The van der Waals surface area contributed by atoms with E-state index < -0.39 is 0 Å². The van der Waals surface area contributed by atoms with Crippen molar-refractivity contribution in [2.75, 3.05) is 16.0 Å². The predicted molar refractivity (Wildman–Crippen MR) is 110 cm³/mol. The lowest BCUT2D eigenvalue weighted by Crippen LogP contribution is -2.07. The SMILES string of the molecule is CC(=O)Nc1cccc(Nc2cc(C)nc(NCc3ccc(Cl)cc3)n2)c1. The molecule has 1 aromatic heterocycles. The van der Waals surface area contributed by atoms with Gasteiger partial charge in [-0.2, -0.15) is 4.98 Å². The van der Waals surface area contributed by atoms with Crippen LogP contribution in [0.1, 0.15) is 18.2 Å². The molecule has 3 rings (SSSR count). The summed E-state index contributed by atoms with van der Waals surface area (Å²) in [5.74, 6) is 1.09. The lowest BCUT2D eigenvalue weighted by atomic mass is 10.2. The first kappa shape index (κ1) is 18.7. The van der Waals surface area contributed by atoms with Gasteiger partial charge in [-0.3, -0.25) is 4.79 Å². The summed E-state index contributed by atoms with van der Waals surface area (Å²) in [6.07, 6.45) is 0. The van der Waals surface area contributed by atoms with Crippen molar-refractivity contribution in [3.63, 3.8) is 0 Å². The second kappa shape index (κ2) is 8.51. The summed E-state index contributed by atoms with van der Waals surface area (Å²) >= 11 is 5.91. The zero-order valence-electron chi connectivity index (χ0n) is 15.1. The molecule has 138 valence electrons. The highest BCUT2D eigenvalue weighted by Crippen LogP contribution is 2.20. The Balaban J connectivity index is 1.71. The van der Waals surface area contributed by atoms with Crippen molar-refractivity contribution in [3.8, 4) is 0 Å². The van der Waals surface area contributed by atoms with Crippen LogP contribution >= 0.6 is 11.6 Å². The van der Waals surface area contributed by atoms with Crippen LogP contribution in [0.25, 0.3) is 0 Å². The molecule has 1 amide bonds. The molecule has 0 atom stereocenters. The third-order valence-corrected chi connectivity index (χ3v) is 3.93. The van der Waals surface area contributed by atoms with E-state index in [-0.39, 0.29) is 5.91 Å². The summed E-state index contributed by atoms with van der Waals surface area (Å²) in [6, 6.07) is 16.9. The molecule has 0 fully saturated rings. The molecule has 27 heavy (non-hydrogen) atoms. The number of aryl methyl sites for hydroxylation is 1. The molecule has 0 aliphatic rings. The third kappa shape index (κ3) is 5.69. The molecule has 1 heterocycles. The first-order chi connectivity index (χ1) is 13.0. The zero-order chi connectivity index (χ0) is 19.2. The van der Waals surface area contributed by atoms with Crippen molar-refractivity contribution in [1.82, 2.24) is 9.97 Å². The molecule has 2 aromatic carbocycles. The summed E-state index contributed by atoms with van der Waals surface area (Å²) in [6.45, 7) is 3.98. The van der Waals surface area contributed by atoms with Gasteiger partial charge < -0.3 is 16.0 Å². The average molecular weight is 382 g/mol. The molecule has 0 bridgehead atoms. The average Bonchev–Trinajstić information content (AvgIpc) is 2.60. The van der Waals surface area contributed by atoms with E-state index in [1.165, 1.54) is 6.92 Å². The van der Waals surface area contributed by atoms with Gasteiger partial charge in [0.15, 0.2) is 0 Å². The molecule has 0 unspecified atom stereocenters. The zero-order valence-corrected chi connectivity index (χ0v) is 15.8. The molecule has 7 heteroatoms. The highest BCUT2D eigenvalue weighted by atomic mass is 35.5. The molecule has 0 spiro atoms. The first-order valence-corrected chi connectivity index (χ1v) is 8.84. The van der Waals surface area contributed by atoms with E-state index in [0.29, 0.717) is 23.3 Å². The Hall–Kier alpha value is -3.12. The van der Waals surface area contributed by atoms with Gasteiger partial charge in [0.1, 0.15) is 5.82 Å². The fourth-order valence-corrected chi connectivity index (χ4v) is 2.65. The Bertz CT molecular complexity index is 943. The fourth-order valence-electron chi connectivity index (χ4n) is 2.52. The second-order valence-electron chi connectivity index (χ2n) is 6.09. The summed E-state index contributed by atoms with van der Waals surface area (Å²) < 4.78 is 0. The number of hydrogen-bond acceptors (Lipinski definition) is 5. The van der Waals surface area contributed by atoms with E-state index in [4.69, 9.17) is 11.6 Å². The normalized spacial score (nSPS) is 10.3. The van der Waals surface area contributed by atoms with Gasteiger partial charge in [0.25, 0.3) is 0 Å². The first-order valence-electron chi connectivity index (χ1n) is 8.46. The van der Waals surface area contributed by atoms with Gasteiger partial charge >= 0.3 is 0 Å². The van der Waals surface area contributed by atoms with Gasteiger partial charge in [-0.1, -0.05) is 29.8 Å². The van der Waals surface area contributed by atoms with Crippen molar-refractivity contribution in [3.05, 3.63) is 70.9 Å². The number of carbonyl (C=O) groups excluding carboxylic acids is 1. The van der Waals surface area contributed by atoms with Crippen molar-refractivity contribution < 1.29 is 4.79 Å². The number of aromatic nitrogens is 2.